The zero-order valence-electron chi connectivity index (χ0n) is 36.0. The Kier molecular flexibility index (Phi) is 14.2. The van der Waals surface area contributed by atoms with Crippen molar-refractivity contribution >= 4 is 39.4 Å². The van der Waals surface area contributed by atoms with Gasteiger partial charge in [-0.05, 0) is 78.6 Å². The Morgan fingerprint density at radius 2 is 1.58 bits per heavy atom. The number of Topliss-reactive ketones (excluding diaryl/α,β-unsaturated/α-hetero) is 1. The van der Waals surface area contributed by atoms with Gasteiger partial charge in [-0.15, -0.1) is 0 Å². The molecule has 9 nitrogen and oxygen atoms in total. The van der Waals surface area contributed by atoms with Crippen molar-refractivity contribution in [1.82, 2.24) is 0 Å². The van der Waals surface area contributed by atoms with Crippen LogP contribution in [0.1, 0.15) is 123 Å². The molecule has 0 aliphatic carbocycles. The smallest absolute Gasteiger partial charge is 0.378 e. The zero-order valence-corrected chi connectivity index (χ0v) is 38.0. The van der Waals surface area contributed by atoms with Gasteiger partial charge in [0.2, 0.25) is 5.60 Å². The molecule has 2 aromatic carbocycles. The number of epoxide rings is 1. The summed E-state index contributed by atoms with van der Waals surface area (Å²) in [6.45, 7) is 30.7. The molecule has 1 N–H and O–H groups in total. The number of fused-ring (bicyclic) bond motifs is 1. The number of ketones is 1. The van der Waals surface area contributed by atoms with E-state index in [-0.39, 0.29) is 22.3 Å². The minimum Gasteiger partial charge on any atom is -0.488 e. The van der Waals surface area contributed by atoms with E-state index in [1.165, 1.54) is 0 Å². The zero-order chi connectivity index (χ0) is 41.1. The van der Waals surface area contributed by atoms with Gasteiger partial charge >= 0.3 is 5.97 Å². The van der Waals surface area contributed by atoms with Gasteiger partial charge in [0.15, 0.2) is 16.6 Å². The number of ether oxygens (including phenoxy) is 2. The summed E-state index contributed by atoms with van der Waals surface area (Å²) >= 11 is 0. The fraction of sp³-hybridized carbons (Fsp3) is 0.636. The van der Waals surface area contributed by atoms with E-state index in [9.17, 15) is 14.8 Å². The van der Waals surface area contributed by atoms with E-state index >= 15 is 0 Å². The average Bonchev–Trinajstić information content (AvgIpc) is 3.71. The van der Waals surface area contributed by atoms with Crippen LogP contribution in [0, 0.1) is 5.92 Å². The van der Waals surface area contributed by atoms with Crippen LogP contribution in [0.3, 0.4) is 0 Å². The molecule has 1 aliphatic rings. The van der Waals surface area contributed by atoms with Gasteiger partial charge < -0.3 is 22.7 Å². The quantitative estimate of drug-likeness (QED) is 0.0547. The standard InChI is InChI=1S/C44H68O9Si2/c1-15-20-32(36(45)25-38(53-55(13,14)43(8,9)10)44(41(46)52-47)37(16-2)51-44)34-27-49-40-33(34)24-31(23-29(3)4)39(48-26-30-21-18-17-19-22-30)35(40)28-50-54(11,12)42(5,6)7/h17-19,21-22,24,27,29,32,37-38,47H,15-16,20,23,25-26,28H2,1-14H3/t32?,37-,38+,44?/m0/s1. The lowest BCUT2D eigenvalue weighted by Gasteiger charge is -2.40. The molecule has 1 fully saturated rings. The molecule has 3 aromatic rings. The molecule has 2 unspecified atom stereocenters. The van der Waals surface area contributed by atoms with Crippen molar-refractivity contribution in [1.29, 1.82) is 0 Å². The summed E-state index contributed by atoms with van der Waals surface area (Å²) in [5.41, 5.74) is 2.84. The second-order valence-electron chi connectivity index (χ2n) is 18.9. The first-order valence-electron chi connectivity index (χ1n) is 20.1. The van der Waals surface area contributed by atoms with Crippen LogP contribution in [0.2, 0.25) is 36.3 Å². The summed E-state index contributed by atoms with van der Waals surface area (Å²) in [5.74, 6) is -0.460. The highest BCUT2D eigenvalue weighted by Crippen LogP contribution is 2.50. The summed E-state index contributed by atoms with van der Waals surface area (Å²) in [6, 6.07) is 12.3. The Morgan fingerprint density at radius 1 is 0.945 bits per heavy atom. The lowest BCUT2D eigenvalue weighted by atomic mass is 9.84. The van der Waals surface area contributed by atoms with Crippen LogP contribution in [0.5, 0.6) is 5.75 Å². The number of hydrogen-bond donors (Lipinski definition) is 1. The van der Waals surface area contributed by atoms with Crippen molar-refractivity contribution < 1.29 is 42.5 Å². The Hall–Kier alpha value is -2.81. The lowest BCUT2D eigenvalue weighted by Crippen LogP contribution is -2.52. The van der Waals surface area contributed by atoms with Gasteiger partial charge in [0.25, 0.3) is 0 Å². The fourth-order valence-corrected chi connectivity index (χ4v) is 9.10. The van der Waals surface area contributed by atoms with Crippen LogP contribution in [0.25, 0.3) is 11.0 Å². The number of furan rings is 1. The Morgan fingerprint density at radius 3 is 2.11 bits per heavy atom. The molecule has 306 valence electrons. The molecule has 11 heteroatoms. The van der Waals surface area contributed by atoms with E-state index < -0.39 is 46.3 Å². The van der Waals surface area contributed by atoms with Gasteiger partial charge in [-0.3, -0.25) is 9.68 Å². The molecule has 55 heavy (non-hydrogen) atoms. The minimum atomic E-state index is -2.54. The molecule has 4 rings (SSSR count). The summed E-state index contributed by atoms with van der Waals surface area (Å²) in [6.07, 6.45) is 2.73. The van der Waals surface area contributed by atoms with E-state index in [2.05, 4.69) is 112 Å². The number of carbonyl (C=O) groups is 2. The number of benzene rings is 2. The van der Waals surface area contributed by atoms with Crippen molar-refractivity contribution in [3.8, 4) is 5.75 Å². The van der Waals surface area contributed by atoms with Gasteiger partial charge in [-0.2, -0.15) is 5.26 Å². The Bertz CT molecular complexity index is 1770. The number of hydrogen-bond acceptors (Lipinski definition) is 9. The first-order valence-corrected chi connectivity index (χ1v) is 26.0. The van der Waals surface area contributed by atoms with Crippen LogP contribution in [-0.2, 0) is 47.7 Å². The molecular weight excluding hydrogens is 729 g/mol. The summed E-state index contributed by atoms with van der Waals surface area (Å²) in [5, 5.41) is 10.3. The molecular formula is C44H68O9Si2. The van der Waals surface area contributed by atoms with Crippen molar-refractivity contribution in [2.24, 2.45) is 5.92 Å². The van der Waals surface area contributed by atoms with Crippen LogP contribution < -0.4 is 4.74 Å². The maximum atomic E-state index is 14.8. The van der Waals surface area contributed by atoms with E-state index in [0.717, 1.165) is 46.2 Å². The summed E-state index contributed by atoms with van der Waals surface area (Å²) in [7, 11) is -4.74. The molecule has 0 spiro atoms. The summed E-state index contributed by atoms with van der Waals surface area (Å²) < 4.78 is 33.0. The van der Waals surface area contributed by atoms with Crippen molar-refractivity contribution in [3.05, 3.63) is 64.9 Å². The predicted molar refractivity (Wildman–Crippen MR) is 223 cm³/mol. The second-order valence-corrected chi connectivity index (χ2v) is 28.5. The third-order valence-electron chi connectivity index (χ3n) is 12.2. The average molecular weight is 797 g/mol. The first-order chi connectivity index (χ1) is 25.5. The van der Waals surface area contributed by atoms with Crippen molar-refractivity contribution in [3.63, 3.8) is 0 Å². The third kappa shape index (κ3) is 9.84. The van der Waals surface area contributed by atoms with E-state index in [1.807, 2.05) is 25.1 Å². The van der Waals surface area contributed by atoms with Crippen molar-refractivity contribution in [2.45, 2.75) is 175 Å². The maximum absolute atomic E-state index is 14.8. The Labute approximate surface area is 332 Å². The monoisotopic (exact) mass is 796 g/mol. The third-order valence-corrected chi connectivity index (χ3v) is 21.2. The molecule has 4 atom stereocenters. The number of carbonyl (C=O) groups excluding carboxylic acids is 2. The molecule has 0 amide bonds. The van der Waals surface area contributed by atoms with Gasteiger partial charge in [0.1, 0.15) is 29.8 Å². The van der Waals surface area contributed by atoms with Gasteiger partial charge in [0.05, 0.1) is 24.5 Å². The highest BCUT2D eigenvalue weighted by atomic mass is 28.4. The summed E-state index contributed by atoms with van der Waals surface area (Å²) in [4.78, 5) is 32.4. The second kappa shape index (κ2) is 17.4. The van der Waals surface area contributed by atoms with Crippen LogP contribution >= 0.6 is 0 Å². The molecule has 0 bridgehead atoms. The predicted octanol–water partition coefficient (Wildman–Crippen LogP) is 11.5. The fourth-order valence-electron chi connectivity index (χ4n) is 6.84. The number of rotatable bonds is 19. The van der Waals surface area contributed by atoms with E-state index in [1.54, 1.807) is 6.26 Å². The molecule has 0 saturated carbocycles. The highest BCUT2D eigenvalue weighted by Gasteiger charge is 2.70. The van der Waals surface area contributed by atoms with E-state index in [4.69, 9.17) is 22.7 Å². The molecule has 1 saturated heterocycles. The molecule has 1 aliphatic heterocycles. The van der Waals surface area contributed by atoms with Crippen LogP contribution in [0.15, 0.2) is 47.1 Å². The van der Waals surface area contributed by atoms with Crippen molar-refractivity contribution in [2.75, 3.05) is 0 Å². The SMILES string of the molecule is CCCC(C(=O)C[C@@H](O[Si](C)(C)C(C)(C)C)C1(C(=O)OO)O[C@H]1CC)c1coc2c(CO[Si](C)(C)C(C)(C)C)c(OCc3ccccc3)c(CC(C)C)cc12. The lowest BCUT2D eigenvalue weighted by molar-refractivity contribution is -0.243. The largest absolute Gasteiger partial charge is 0.488 e. The molecule has 0 radical (unpaired) electrons. The highest BCUT2D eigenvalue weighted by molar-refractivity contribution is 6.74. The molecule has 1 aromatic heterocycles. The van der Waals surface area contributed by atoms with E-state index in [0.29, 0.717) is 37.6 Å². The first kappa shape index (κ1) is 44.9. The topological polar surface area (TPSA) is 117 Å². The minimum absolute atomic E-state index is 0.00935. The van der Waals surface area contributed by atoms with Gasteiger partial charge in [-0.25, -0.2) is 4.79 Å². The van der Waals surface area contributed by atoms with Crippen LogP contribution in [-0.4, -0.2) is 51.5 Å². The Balaban J connectivity index is 1.86. The van der Waals surface area contributed by atoms with Gasteiger partial charge in [-0.1, -0.05) is 106 Å². The normalized spacial score (nSPS) is 19.1. The maximum Gasteiger partial charge on any atom is 0.378 e. The van der Waals surface area contributed by atoms with Crippen LogP contribution in [0.4, 0.5) is 0 Å². The molecule has 2 heterocycles. The van der Waals surface area contributed by atoms with Gasteiger partial charge in [0, 0.05) is 23.3 Å².